The topological polar surface area (TPSA) is 62.9 Å². The molecule has 1 N–H and O–H groups in total. The molecule has 0 fully saturated rings. The van der Waals surface area contributed by atoms with Crippen LogP contribution in [0, 0.1) is 11.8 Å². The molecule has 0 saturated carbocycles. The van der Waals surface area contributed by atoms with Gasteiger partial charge in [0.05, 0.1) is 46.7 Å². The van der Waals surface area contributed by atoms with Crippen molar-refractivity contribution in [2.45, 2.75) is 116 Å². The lowest BCUT2D eigenvalue weighted by Gasteiger charge is -2.32. The molecule has 2 unspecified atom stereocenters. The Morgan fingerprint density at radius 3 is 2.22 bits per heavy atom. The monoisotopic (exact) mass is 713 g/mol. The molecule has 6 nitrogen and oxygen atoms in total. The van der Waals surface area contributed by atoms with E-state index in [1.54, 1.807) is 23.1 Å². The van der Waals surface area contributed by atoms with Crippen molar-refractivity contribution in [3.05, 3.63) is 68.9 Å². The summed E-state index contributed by atoms with van der Waals surface area (Å²) in [4.78, 5) is 17.6. The minimum absolute atomic E-state index is 0.00673. The van der Waals surface area contributed by atoms with Gasteiger partial charge in [0.15, 0.2) is 6.54 Å². The number of thiazole rings is 1. The number of aliphatic hydroxyl groups is 1. The average molecular weight is 714 g/mol. The number of ether oxygens (including phenoxy) is 2. The first kappa shape index (κ1) is 35.2. The SMILES string of the molecule is CCCCC(CC)COc1ccc2c(c1)N1CCCC(C3=C(O)C(=C4CCC[n+]5c4sc4ccc(OCC(CC)CCCC)cc45)C3=O)=C1S2. The maximum atomic E-state index is 14.1. The van der Waals surface area contributed by atoms with Crippen molar-refractivity contribution in [1.29, 1.82) is 0 Å². The van der Waals surface area contributed by atoms with Crippen molar-refractivity contribution >= 4 is 50.4 Å². The predicted molar refractivity (Wildman–Crippen MR) is 206 cm³/mol. The van der Waals surface area contributed by atoms with Gasteiger partial charge in [-0.3, -0.25) is 4.79 Å². The van der Waals surface area contributed by atoms with Gasteiger partial charge in [0.1, 0.15) is 22.0 Å². The van der Waals surface area contributed by atoms with Crippen LogP contribution in [0.5, 0.6) is 11.5 Å². The maximum absolute atomic E-state index is 14.1. The molecule has 2 atom stereocenters. The second kappa shape index (κ2) is 15.6. The molecule has 3 aliphatic heterocycles. The number of hydrogen-bond acceptors (Lipinski definition) is 7. The van der Waals surface area contributed by atoms with Gasteiger partial charge < -0.3 is 19.5 Å². The maximum Gasteiger partial charge on any atom is 0.266 e. The van der Waals surface area contributed by atoms with E-state index in [4.69, 9.17) is 9.47 Å². The summed E-state index contributed by atoms with van der Waals surface area (Å²) >= 11 is 3.44. The van der Waals surface area contributed by atoms with Gasteiger partial charge in [-0.05, 0) is 73.8 Å². The first-order valence-corrected chi connectivity index (χ1v) is 20.9. The van der Waals surface area contributed by atoms with E-state index in [9.17, 15) is 9.90 Å². The van der Waals surface area contributed by atoms with Crippen LogP contribution in [0.25, 0.3) is 15.8 Å². The number of anilines is 1. The smallest absolute Gasteiger partial charge is 0.266 e. The first-order chi connectivity index (χ1) is 24.4. The minimum atomic E-state index is -0.00673. The summed E-state index contributed by atoms with van der Waals surface area (Å²) in [6, 6.07) is 12.8. The quantitative estimate of drug-likeness (QED) is 0.125. The number of Topliss-reactive ketones (excluding diaryl/α,β-unsaturated/α-hetero) is 1. The van der Waals surface area contributed by atoms with Crippen molar-refractivity contribution in [3.63, 3.8) is 0 Å². The van der Waals surface area contributed by atoms with Crippen LogP contribution in [0.2, 0.25) is 0 Å². The number of unbranched alkanes of at least 4 members (excludes halogenated alkanes) is 2. The van der Waals surface area contributed by atoms with Crippen molar-refractivity contribution in [3.8, 4) is 11.5 Å². The molecule has 8 heteroatoms. The number of fused-ring (bicyclic) bond motifs is 6. The van der Waals surface area contributed by atoms with Gasteiger partial charge in [-0.15, -0.1) is 0 Å². The lowest BCUT2D eigenvalue weighted by molar-refractivity contribution is -0.672. The Balaban J connectivity index is 1.13. The molecule has 1 aliphatic carbocycles. The Labute approximate surface area is 306 Å². The van der Waals surface area contributed by atoms with Crippen LogP contribution in [0.4, 0.5) is 5.69 Å². The number of allylic oxidation sites excluding steroid dienone is 4. The number of rotatable bonds is 15. The minimum Gasteiger partial charge on any atom is -0.506 e. The van der Waals surface area contributed by atoms with Crippen LogP contribution in [0.1, 0.15) is 110 Å². The molecule has 2 aromatic carbocycles. The second-order valence-corrected chi connectivity index (χ2v) is 16.5. The summed E-state index contributed by atoms with van der Waals surface area (Å²) in [5, 5.41) is 13.9. The van der Waals surface area contributed by atoms with E-state index in [-0.39, 0.29) is 11.5 Å². The number of benzene rings is 2. The number of aromatic nitrogens is 1. The van der Waals surface area contributed by atoms with Crippen molar-refractivity contribution in [2.75, 3.05) is 24.7 Å². The third-order valence-electron chi connectivity index (χ3n) is 11.1. The van der Waals surface area contributed by atoms with E-state index in [1.807, 2.05) is 0 Å². The summed E-state index contributed by atoms with van der Waals surface area (Å²) in [6.45, 7) is 12.3. The highest BCUT2D eigenvalue weighted by Gasteiger charge is 2.45. The number of ketones is 1. The fourth-order valence-electron chi connectivity index (χ4n) is 7.89. The molecule has 50 heavy (non-hydrogen) atoms. The van der Waals surface area contributed by atoms with Gasteiger partial charge in [-0.1, -0.05) is 89.3 Å². The Bertz CT molecular complexity index is 1850. The van der Waals surface area contributed by atoms with Crippen LogP contribution in [-0.2, 0) is 11.3 Å². The Morgan fingerprint density at radius 2 is 1.54 bits per heavy atom. The summed E-state index contributed by atoms with van der Waals surface area (Å²) in [7, 11) is 0. The molecule has 0 amide bonds. The molecule has 0 saturated heterocycles. The zero-order valence-electron chi connectivity index (χ0n) is 30.3. The molecule has 7 rings (SSSR count). The standard InChI is InChI=1S/C42H52N2O4S2/c1-5-9-13-27(7-3)25-47-29-17-19-35-33(23-29)43-21-11-15-31(41(43)49-35)37-39(45)38(40(37)46)32-16-12-22-44-34-24-30(18-20-36(34)50-42(32)44)48-26-28(8-4)14-10-6-2/h17-20,23-24,27-28H,5-16,21-22,25-26H2,1-4H3/p+1. The lowest BCUT2D eigenvalue weighted by Crippen LogP contribution is -2.40. The van der Waals surface area contributed by atoms with Gasteiger partial charge in [-0.25, -0.2) is 0 Å². The molecular formula is C42H53N2O4S2+. The molecule has 0 radical (unpaired) electrons. The van der Waals surface area contributed by atoms with Crippen LogP contribution >= 0.6 is 23.1 Å². The van der Waals surface area contributed by atoms with Gasteiger partial charge >= 0.3 is 0 Å². The highest BCUT2D eigenvalue weighted by Crippen LogP contribution is 2.54. The number of carbonyl (C=O) groups excluding carboxylic acids is 1. The number of nitrogens with zero attached hydrogens (tertiary/aromatic N) is 2. The molecule has 3 aromatic rings. The van der Waals surface area contributed by atoms with E-state index < -0.39 is 0 Å². The van der Waals surface area contributed by atoms with Crippen LogP contribution in [-0.4, -0.2) is 30.6 Å². The zero-order valence-corrected chi connectivity index (χ0v) is 31.9. The molecule has 0 spiro atoms. The summed E-state index contributed by atoms with van der Waals surface area (Å²) < 4.78 is 16.1. The van der Waals surface area contributed by atoms with Crippen LogP contribution in [0.15, 0.2) is 68.8 Å². The van der Waals surface area contributed by atoms with Crippen molar-refractivity contribution < 1.29 is 23.9 Å². The number of thioether (sulfide) groups is 1. The first-order valence-electron chi connectivity index (χ1n) is 19.2. The number of aryl methyl sites for hydroxylation is 1. The molecule has 1 aromatic heterocycles. The van der Waals surface area contributed by atoms with E-state index in [2.05, 4.69) is 73.6 Å². The van der Waals surface area contributed by atoms with E-state index >= 15 is 0 Å². The van der Waals surface area contributed by atoms with E-state index in [0.717, 1.165) is 109 Å². The highest BCUT2D eigenvalue weighted by atomic mass is 32.2. The third kappa shape index (κ3) is 6.74. The summed E-state index contributed by atoms with van der Waals surface area (Å²) in [5.41, 5.74) is 5.33. The van der Waals surface area contributed by atoms with Crippen LogP contribution in [0.3, 0.4) is 0 Å². The predicted octanol–water partition coefficient (Wildman–Crippen LogP) is 10.9. The third-order valence-corrected chi connectivity index (χ3v) is 13.5. The number of carbonyl (C=O) groups is 1. The number of aliphatic hydroxyl groups excluding tert-OH is 1. The summed E-state index contributed by atoms with van der Waals surface area (Å²) in [6.07, 6.45) is 13.1. The van der Waals surface area contributed by atoms with Crippen molar-refractivity contribution in [1.82, 2.24) is 0 Å². The van der Waals surface area contributed by atoms with Gasteiger partial charge in [0, 0.05) is 23.9 Å². The Hall–Kier alpha value is -3.23. The second-order valence-electron chi connectivity index (χ2n) is 14.4. The zero-order chi connectivity index (χ0) is 34.8. The molecular weight excluding hydrogens is 661 g/mol. The van der Waals surface area contributed by atoms with E-state index in [1.165, 1.54) is 48.1 Å². The number of hydrogen-bond donors (Lipinski definition) is 1. The lowest BCUT2D eigenvalue weighted by atomic mass is 9.78. The highest BCUT2D eigenvalue weighted by molar-refractivity contribution is 8.03. The normalized spacial score (nSPS) is 19.8. The average Bonchev–Trinajstić information content (AvgIpc) is 3.71. The fourth-order valence-corrected chi connectivity index (χ4v) is 10.4. The molecule has 266 valence electrons. The van der Waals surface area contributed by atoms with Gasteiger partial charge in [-0.2, -0.15) is 4.57 Å². The van der Waals surface area contributed by atoms with Crippen LogP contribution < -0.4 is 18.9 Å². The largest absolute Gasteiger partial charge is 0.506 e. The van der Waals surface area contributed by atoms with Gasteiger partial charge in [0.2, 0.25) is 11.3 Å². The van der Waals surface area contributed by atoms with E-state index in [0.29, 0.717) is 23.0 Å². The fraction of sp³-hybridized carbons (Fsp3) is 0.524. The Kier molecular flexibility index (Phi) is 11.0. The van der Waals surface area contributed by atoms with Crippen molar-refractivity contribution in [2.24, 2.45) is 11.8 Å². The molecule has 4 aliphatic rings. The van der Waals surface area contributed by atoms with Gasteiger partial charge in [0.25, 0.3) is 5.01 Å². The Morgan fingerprint density at radius 1 is 0.860 bits per heavy atom. The molecule has 4 heterocycles. The molecule has 0 bridgehead atoms. The summed E-state index contributed by atoms with van der Waals surface area (Å²) in [5.74, 6) is 3.15.